The highest BCUT2D eigenvalue weighted by Gasteiger charge is 2.05. The van der Waals surface area contributed by atoms with Crippen LogP contribution < -0.4 is 0 Å². The zero-order valence-electron chi connectivity index (χ0n) is 5.35. The van der Waals surface area contributed by atoms with Gasteiger partial charge in [-0.25, -0.2) is 4.68 Å². The summed E-state index contributed by atoms with van der Waals surface area (Å²) in [5.41, 5.74) is 0.327. The van der Waals surface area contributed by atoms with Crippen LogP contribution in [0.3, 0.4) is 0 Å². The molecule has 0 radical (unpaired) electrons. The molecule has 0 saturated carbocycles. The molecule has 60 valence electrons. The molecule has 4 nitrogen and oxygen atoms in total. The number of alkyl halides is 2. The Labute approximate surface area is 60.7 Å². The second-order valence-corrected chi connectivity index (χ2v) is 1.78. The predicted octanol–water partition coefficient (Wildman–Crippen LogP) is 1.09. The van der Waals surface area contributed by atoms with Crippen LogP contribution in [-0.2, 0) is 0 Å². The van der Waals surface area contributed by atoms with Crippen molar-refractivity contribution in [1.82, 2.24) is 9.78 Å². The first-order valence-electron chi connectivity index (χ1n) is 2.74. The third-order valence-corrected chi connectivity index (χ3v) is 1.03. The van der Waals surface area contributed by atoms with Crippen LogP contribution in [0, 0.1) is 0 Å². The van der Waals surface area contributed by atoms with Gasteiger partial charge in [0.05, 0.1) is 12.4 Å². The lowest BCUT2D eigenvalue weighted by molar-refractivity contribution is 0.0566. The van der Waals surface area contributed by atoms with E-state index in [-0.39, 0.29) is 0 Å². The molecule has 0 amide bonds. The number of nitrogens with zero attached hydrogens (tertiary/aromatic N) is 3. The predicted molar refractivity (Wildman–Crippen MR) is 32.9 cm³/mol. The molecular weight excluding hydrogens is 156 g/mol. The molecule has 0 fully saturated rings. The molecule has 1 N–H and O–H groups in total. The number of oxime groups is 1. The van der Waals surface area contributed by atoms with Crippen LogP contribution >= 0.6 is 0 Å². The molecule has 1 aromatic rings. The van der Waals surface area contributed by atoms with E-state index in [1.807, 2.05) is 0 Å². The first-order valence-corrected chi connectivity index (χ1v) is 2.74. The molecule has 1 rings (SSSR count). The second-order valence-electron chi connectivity index (χ2n) is 1.78. The van der Waals surface area contributed by atoms with E-state index in [0.717, 1.165) is 12.4 Å². The molecule has 0 spiro atoms. The molecule has 0 bridgehead atoms. The van der Waals surface area contributed by atoms with E-state index < -0.39 is 6.55 Å². The molecule has 0 unspecified atom stereocenters. The Kier molecular flexibility index (Phi) is 2.15. The lowest BCUT2D eigenvalue weighted by atomic mass is 10.4. The van der Waals surface area contributed by atoms with Crippen LogP contribution in [0.5, 0.6) is 0 Å². The Bertz CT molecular complexity index is 258. The van der Waals surface area contributed by atoms with Gasteiger partial charge in [-0.05, 0) is 0 Å². The third kappa shape index (κ3) is 1.73. The highest BCUT2D eigenvalue weighted by Crippen LogP contribution is 2.07. The van der Waals surface area contributed by atoms with Crippen molar-refractivity contribution in [2.45, 2.75) is 6.55 Å². The van der Waals surface area contributed by atoms with Crippen molar-refractivity contribution in [3.05, 3.63) is 18.0 Å². The van der Waals surface area contributed by atoms with Gasteiger partial charge in [0.25, 0.3) is 0 Å². The fraction of sp³-hybridized carbons (Fsp3) is 0.200. The van der Waals surface area contributed by atoms with Crippen molar-refractivity contribution in [2.75, 3.05) is 0 Å². The van der Waals surface area contributed by atoms with Gasteiger partial charge in [-0.15, -0.1) is 0 Å². The highest BCUT2D eigenvalue weighted by molar-refractivity contribution is 5.77. The molecule has 0 saturated heterocycles. The van der Waals surface area contributed by atoms with Gasteiger partial charge in [0, 0.05) is 11.8 Å². The van der Waals surface area contributed by atoms with Crippen molar-refractivity contribution in [1.29, 1.82) is 0 Å². The van der Waals surface area contributed by atoms with Crippen molar-refractivity contribution in [3.63, 3.8) is 0 Å². The Morgan fingerprint density at radius 3 is 2.91 bits per heavy atom. The van der Waals surface area contributed by atoms with E-state index in [2.05, 4.69) is 10.3 Å². The summed E-state index contributed by atoms with van der Waals surface area (Å²) in [7, 11) is 0. The SMILES string of the molecule is ON=Cc1cnn(C(F)F)c1. The zero-order valence-corrected chi connectivity index (χ0v) is 5.35. The summed E-state index contributed by atoms with van der Waals surface area (Å²) in [6.45, 7) is -2.66. The van der Waals surface area contributed by atoms with Crippen LogP contribution in [0.2, 0.25) is 0 Å². The molecule has 1 aromatic heterocycles. The average Bonchev–Trinajstić information content (AvgIpc) is 2.37. The van der Waals surface area contributed by atoms with E-state index in [9.17, 15) is 8.78 Å². The lowest BCUT2D eigenvalue weighted by Gasteiger charge is -1.94. The topological polar surface area (TPSA) is 50.4 Å². The maximum atomic E-state index is 11.8. The maximum absolute atomic E-state index is 11.8. The standard InChI is InChI=1S/C5H5F2N3O/c6-5(7)10-3-4(1-8-10)2-9-11/h1-3,5,11H. The van der Waals surface area contributed by atoms with Gasteiger partial charge in [-0.3, -0.25) is 0 Å². The molecular formula is C5H5F2N3O. The zero-order chi connectivity index (χ0) is 8.27. The smallest absolute Gasteiger partial charge is 0.333 e. The van der Waals surface area contributed by atoms with Gasteiger partial charge >= 0.3 is 6.55 Å². The van der Waals surface area contributed by atoms with Crippen LogP contribution in [0.15, 0.2) is 17.5 Å². The fourth-order valence-electron chi connectivity index (χ4n) is 0.593. The molecule has 0 aliphatic rings. The quantitative estimate of drug-likeness (QED) is 0.401. The van der Waals surface area contributed by atoms with Crippen LogP contribution in [-0.4, -0.2) is 21.2 Å². The average molecular weight is 161 g/mol. The van der Waals surface area contributed by atoms with Crippen LogP contribution in [0.4, 0.5) is 8.78 Å². The molecule has 6 heteroatoms. The van der Waals surface area contributed by atoms with Gasteiger partial charge in [-0.1, -0.05) is 5.16 Å². The summed E-state index contributed by atoms with van der Waals surface area (Å²) in [4.78, 5) is 0. The Balaban J connectivity index is 2.81. The van der Waals surface area contributed by atoms with E-state index in [1.54, 1.807) is 0 Å². The van der Waals surface area contributed by atoms with E-state index in [1.165, 1.54) is 6.20 Å². The monoisotopic (exact) mass is 161 g/mol. The molecule has 11 heavy (non-hydrogen) atoms. The summed E-state index contributed by atoms with van der Waals surface area (Å²) < 4.78 is 24.1. The second kappa shape index (κ2) is 3.09. The Hall–Kier alpha value is -1.46. The Morgan fingerprint density at radius 2 is 2.45 bits per heavy atom. The summed E-state index contributed by atoms with van der Waals surface area (Å²) in [5.74, 6) is 0. The number of aromatic nitrogens is 2. The van der Waals surface area contributed by atoms with E-state index in [0.29, 0.717) is 10.2 Å². The minimum Gasteiger partial charge on any atom is -0.411 e. The van der Waals surface area contributed by atoms with Crippen molar-refractivity contribution in [3.8, 4) is 0 Å². The van der Waals surface area contributed by atoms with Gasteiger partial charge in [-0.2, -0.15) is 13.9 Å². The summed E-state index contributed by atoms with van der Waals surface area (Å²) >= 11 is 0. The summed E-state index contributed by atoms with van der Waals surface area (Å²) in [5, 5.41) is 14.0. The Morgan fingerprint density at radius 1 is 1.73 bits per heavy atom. The maximum Gasteiger partial charge on any atom is 0.333 e. The minimum absolute atomic E-state index is 0.327. The fourth-order valence-corrected chi connectivity index (χ4v) is 0.593. The van der Waals surface area contributed by atoms with Crippen molar-refractivity contribution >= 4 is 6.21 Å². The van der Waals surface area contributed by atoms with Gasteiger partial charge in [0.1, 0.15) is 0 Å². The normalized spacial score (nSPS) is 11.5. The molecule has 0 aromatic carbocycles. The number of rotatable bonds is 2. The number of halogens is 2. The molecule has 0 atom stereocenters. The molecule has 0 aliphatic carbocycles. The van der Waals surface area contributed by atoms with Crippen molar-refractivity contribution < 1.29 is 14.0 Å². The lowest BCUT2D eigenvalue weighted by Crippen LogP contribution is -1.96. The van der Waals surface area contributed by atoms with Crippen LogP contribution in [0.1, 0.15) is 12.1 Å². The first-order chi connectivity index (χ1) is 5.24. The number of hydrogen-bond acceptors (Lipinski definition) is 3. The van der Waals surface area contributed by atoms with Gasteiger partial charge in [0.15, 0.2) is 0 Å². The van der Waals surface area contributed by atoms with Crippen molar-refractivity contribution in [2.24, 2.45) is 5.16 Å². The summed E-state index contributed by atoms with van der Waals surface area (Å²) in [6, 6.07) is 0. The third-order valence-electron chi connectivity index (χ3n) is 1.03. The first kappa shape index (κ1) is 7.64. The molecule has 0 aliphatic heterocycles. The summed E-state index contributed by atoms with van der Waals surface area (Å²) in [6.07, 6.45) is 3.27. The van der Waals surface area contributed by atoms with Gasteiger partial charge in [0.2, 0.25) is 0 Å². The van der Waals surface area contributed by atoms with Gasteiger partial charge < -0.3 is 5.21 Å². The van der Waals surface area contributed by atoms with Crippen LogP contribution in [0.25, 0.3) is 0 Å². The van der Waals surface area contributed by atoms with E-state index in [4.69, 9.17) is 5.21 Å². The highest BCUT2D eigenvalue weighted by atomic mass is 19.3. The van der Waals surface area contributed by atoms with E-state index >= 15 is 0 Å². The molecule has 1 heterocycles. The largest absolute Gasteiger partial charge is 0.411 e. The minimum atomic E-state index is -2.66. The number of hydrogen-bond donors (Lipinski definition) is 1.